The molecular weight excluding hydrogens is 260 g/mol. The molecule has 2 aromatic carbocycles. The Bertz CT molecular complexity index is 644. The molecule has 2 aromatic rings. The second-order valence-electron chi connectivity index (χ2n) is 6.31. The van der Waals surface area contributed by atoms with Crippen LogP contribution in [-0.2, 0) is 24.9 Å². The minimum atomic E-state index is -0.916. The van der Waals surface area contributed by atoms with E-state index in [1.807, 2.05) is 25.1 Å². The van der Waals surface area contributed by atoms with Crippen molar-refractivity contribution in [2.24, 2.45) is 0 Å². The number of fused-ring (bicyclic) bond motifs is 1. The second-order valence-corrected chi connectivity index (χ2v) is 6.31. The van der Waals surface area contributed by atoms with Gasteiger partial charge in [-0.3, -0.25) is 0 Å². The third-order valence-corrected chi connectivity index (χ3v) is 4.43. The van der Waals surface area contributed by atoms with E-state index in [9.17, 15) is 10.2 Å². The minimum Gasteiger partial charge on any atom is -0.508 e. The summed E-state index contributed by atoms with van der Waals surface area (Å²) in [6, 6.07) is 13.5. The van der Waals surface area contributed by atoms with Crippen LogP contribution in [-0.4, -0.2) is 10.2 Å². The molecule has 1 aliphatic rings. The summed E-state index contributed by atoms with van der Waals surface area (Å²) in [5.41, 5.74) is 3.80. The molecule has 1 unspecified atom stereocenters. The summed E-state index contributed by atoms with van der Waals surface area (Å²) >= 11 is 0. The van der Waals surface area contributed by atoms with Crippen molar-refractivity contribution in [2.45, 2.75) is 44.6 Å². The van der Waals surface area contributed by atoms with Crippen molar-refractivity contribution in [2.75, 3.05) is 0 Å². The lowest BCUT2D eigenvalue weighted by atomic mass is 9.84. The summed E-state index contributed by atoms with van der Waals surface area (Å²) in [6.45, 7) is 1.85. The molecule has 0 spiro atoms. The van der Waals surface area contributed by atoms with Crippen LogP contribution in [0.15, 0.2) is 42.5 Å². The van der Waals surface area contributed by atoms with Crippen molar-refractivity contribution in [3.8, 4) is 5.75 Å². The summed E-state index contributed by atoms with van der Waals surface area (Å²) < 4.78 is 0. The third-order valence-electron chi connectivity index (χ3n) is 4.43. The zero-order chi connectivity index (χ0) is 14.9. The third kappa shape index (κ3) is 3.11. The van der Waals surface area contributed by atoms with Crippen LogP contribution in [0.25, 0.3) is 0 Å². The van der Waals surface area contributed by atoms with E-state index in [2.05, 4.69) is 12.1 Å². The Morgan fingerprint density at radius 2 is 1.76 bits per heavy atom. The minimum absolute atomic E-state index is 0.244. The van der Waals surface area contributed by atoms with Gasteiger partial charge >= 0.3 is 0 Å². The Balaban J connectivity index is 1.87. The summed E-state index contributed by atoms with van der Waals surface area (Å²) in [7, 11) is 0. The van der Waals surface area contributed by atoms with Crippen molar-refractivity contribution in [1.29, 1.82) is 0 Å². The van der Waals surface area contributed by atoms with Gasteiger partial charge in [0, 0.05) is 6.42 Å². The molecule has 2 N–H and O–H groups in total. The number of phenolic OH excluding ortho intramolecular Hbond substituents is 1. The number of rotatable bonds is 3. The largest absolute Gasteiger partial charge is 0.508 e. The number of aliphatic hydroxyl groups is 1. The van der Waals surface area contributed by atoms with E-state index in [1.54, 1.807) is 12.1 Å². The Labute approximate surface area is 126 Å². The van der Waals surface area contributed by atoms with E-state index in [1.165, 1.54) is 24.0 Å². The normalized spacial score (nSPS) is 17.0. The van der Waals surface area contributed by atoms with Crippen molar-refractivity contribution in [3.05, 3.63) is 64.7 Å². The molecule has 110 valence electrons. The van der Waals surface area contributed by atoms with E-state index in [4.69, 9.17) is 0 Å². The standard InChI is InChI=1S/C19H22O2/c1-19(21,13-14-5-4-8-18(20)11-14)17-10-9-15-6-2-3-7-16(15)12-17/h4-5,8-12,20-21H,2-3,6-7,13H2,1H3. The Kier molecular flexibility index (Phi) is 3.73. The molecule has 0 fully saturated rings. The second kappa shape index (κ2) is 5.53. The lowest BCUT2D eigenvalue weighted by Crippen LogP contribution is -2.25. The van der Waals surface area contributed by atoms with Gasteiger partial charge in [-0.15, -0.1) is 0 Å². The molecule has 0 bridgehead atoms. The average molecular weight is 282 g/mol. The van der Waals surface area contributed by atoms with Gasteiger partial charge in [0.2, 0.25) is 0 Å². The predicted octanol–water partition coefficient (Wildman–Crippen LogP) is 3.72. The van der Waals surface area contributed by atoms with E-state index in [0.717, 1.165) is 24.0 Å². The van der Waals surface area contributed by atoms with E-state index in [-0.39, 0.29) is 5.75 Å². The van der Waals surface area contributed by atoms with Crippen LogP contribution in [0, 0.1) is 0 Å². The maximum atomic E-state index is 10.9. The number of hydrogen-bond donors (Lipinski definition) is 2. The summed E-state index contributed by atoms with van der Waals surface area (Å²) in [4.78, 5) is 0. The smallest absolute Gasteiger partial charge is 0.115 e. The number of aryl methyl sites for hydroxylation is 2. The summed E-state index contributed by atoms with van der Waals surface area (Å²) in [6.07, 6.45) is 5.28. The van der Waals surface area contributed by atoms with Gasteiger partial charge in [0.15, 0.2) is 0 Å². The lowest BCUT2D eigenvalue weighted by molar-refractivity contribution is 0.0575. The molecule has 1 atom stereocenters. The van der Waals surface area contributed by atoms with Crippen LogP contribution in [0.2, 0.25) is 0 Å². The van der Waals surface area contributed by atoms with Gasteiger partial charge in [-0.05, 0) is 67.0 Å². The topological polar surface area (TPSA) is 40.5 Å². The van der Waals surface area contributed by atoms with Crippen LogP contribution < -0.4 is 0 Å². The highest BCUT2D eigenvalue weighted by Gasteiger charge is 2.25. The number of hydrogen-bond acceptors (Lipinski definition) is 2. The van der Waals surface area contributed by atoms with Crippen molar-refractivity contribution in [3.63, 3.8) is 0 Å². The molecule has 0 saturated carbocycles. The molecule has 0 saturated heterocycles. The van der Waals surface area contributed by atoms with Gasteiger partial charge < -0.3 is 10.2 Å². The maximum absolute atomic E-state index is 10.9. The monoisotopic (exact) mass is 282 g/mol. The quantitative estimate of drug-likeness (QED) is 0.900. The number of benzene rings is 2. The average Bonchev–Trinajstić information content (AvgIpc) is 2.46. The van der Waals surface area contributed by atoms with Gasteiger partial charge in [0.25, 0.3) is 0 Å². The van der Waals surface area contributed by atoms with Crippen molar-refractivity contribution < 1.29 is 10.2 Å². The predicted molar refractivity (Wildman–Crippen MR) is 84.5 cm³/mol. The first-order valence-corrected chi connectivity index (χ1v) is 7.67. The van der Waals surface area contributed by atoms with Crippen LogP contribution in [0.1, 0.15) is 42.0 Å². The molecular formula is C19H22O2. The fourth-order valence-electron chi connectivity index (χ4n) is 3.23. The van der Waals surface area contributed by atoms with Gasteiger partial charge in [0.1, 0.15) is 5.75 Å². The summed E-state index contributed by atoms with van der Waals surface area (Å²) in [5.74, 6) is 0.244. The lowest BCUT2D eigenvalue weighted by Gasteiger charge is -2.26. The molecule has 0 heterocycles. The Morgan fingerprint density at radius 1 is 1.00 bits per heavy atom. The van der Waals surface area contributed by atoms with Gasteiger partial charge in [-0.2, -0.15) is 0 Å². The molecule has 2 heteroatoms. The SMILES string of the molecule is CC(O)(Cc1cccc(O)c1)c1ccc2c(c1)CCCC2. The first-order chi connectivity index (χ1) is 10.0. The fraction of sp³-hybridized carbons (Fsp3) is 0.368. The molecule has 0 radical (unpaired) electrons. The van der Waals surface area contributed by atoms with Crippen LogP contribution in [0.5, 0.6) is 5.75 Å². The van der Waals surface area contributed by atoms with Crippen LogP contribution in [0.4, 0.5) is 0 Å². The fourth-order valence-corrected chi connectivity index (χ4v) is 3.23. The molecule has 3 rings (SSSR count). The van der Waals surface area contributed by atoms with Crippen LogP contribution >= 0.6 is 0 Å². The van der Waals surface area contributed by atoms with Gasteiger partial charge in [0.05, 0.1) is 5.60 Å². The highest BCUT2D eigenvalue weighted by Crippen LogP contribution is 2.30. The zero-order valence-corrected chi connectivity index (χ0v) is 12.5. The van der Waals surface area contributed by atoms with Crippen LogP contribution in [0.3, 0.4) is 0 Å². The molecule has 0 aliphatic heterocycles. The van der Waals surface area contributed by atoms with E-state index < -0.39 is 5.60 Å². The molecule has 2 nitrogen and oxygen atoms in total. The highest BCUT2D eigenvalue weighted by atomic mass is 16.3. The van der Waals surface area contributed by atoms with Crippen molar-refractivity contribution >= 4 is 0 Å². The first kappa shape index (κ1) is 14.2. The Morgan fingerprint density at radius 3 is 2.52 bits per heavy atom. The summed E-state index contributed by atoms with van der Waals surface area (Å²) in [5, 5.41) is 20.4. The number of aromatic hydroxyl groups is 1. The highest BCUT2D eigenvalue weighted by molar-refractivity contribution is 5.37. The number of phenols is 1. The van der Waals surface area contributed by atoms with Gasteiger partial charge in [-0.1, -0.05) is 30.3 Å². The molecule has 0 aromatic heterocycles. The first-order valence-electron chi connectivity index (χ1n) is 7.67. The van der Waals surface area contributed by atoms with Gasteiger partial charge in [-0.25, -0.2) is 0 Å². The van der Waals surface area contributed by atoms with E-state index >= 15 is 0 Å². The molecule has 21 heavy (non-hydrogen) atoms. The molecule has 0 amide bonds. The van der Waals surface area contributed by atoms with Crippen molar-refractivity contribution in [1.82, 2.24) is 0 Å². The zero-order valence-electron chi connectivity index (χ0n) is 12.5. The molecule has 1 aliphatic carbocycles. The maximum Gasteiger partial charge on any atom is 0.115 e. The van der Waals surface area contributed by atoms with E-state index in [0.29, 0.717) is 6.42 Å². The Hall–Kier alpha value is -1.80.